The van der Waals surface area contributed by atoms with Crippen molar-refractivity contribution in [3.8, 4) is 5.75 Å². The molecule has 0 aliphatic rings. The van der Waals surface area contributed by atoms with E-state index in [1.54, 1.807) is 36.4 Å². The van der Waals surface area contributed by atoms with Gasteiger partial charge in [0.2, 0.25) is 0 Å². The molecule has 0 fully saturated rings. The predicted octanol–water partition coefficient (Wildman–Crippen LogP) is 2.99. The van der Waals surface area contributed by atoms with Gasteiger partial charge in [-0.3, -0.25) is 9.35 Å². The van der Waals surface area contributed by atoms with Crippen LogP contribution in [0.15, 0.2) is 53.9 Å². The number of benzene rings is 2. The van der Waals surface area contributed by atoms with Crippen LogP contribution >= 0.6 is 11.6 Å². The van der Waals surface area contributed by atoms with Gasteiger partial charge in [0, 0.05) is 5.02 Å². The van der Waals surface area contributed by atoms with E-state index in [0.717, 1.165) is 11.0 Å². The second-order valence-corrected chi connectivity index (χ2v) is 6.18. The molecule has 0 aliphatic heterocycles. The number of amides is 1. The van der Waals surface area contributed by atoms with E-state index in [2.05, 4.69) is 0 Å². The molecule has 2 aromatic rings. The van der Waals surface area contributed by atoms with E-state index in [0.29, 0.717) is 16.3 Å². The molecule has 24 heavy (non-hydrogen) atoms. The Morgan fingerprint density at radius 3 is 2.33 bits per heavy atom. The van der Waals surface area contributed by atoms with Crippen molar-refractivity contribution in [2.24, 2.45) is 5.73 Å². The first-order valence-electron chi connectivity index (χ1n) is 6.57. The Balaban J connectivity index is 0.000000240. The minimum absolute atomic E-state index is 0.335. The summed E-state index contributed by atoms with van der Waals surface area (Å²) in [7, 11) is -2.55. The molecular weight excluding hydrogens is 354 g/mol. The van der Waals surface area contributed by atoms with Crippen molar-refractivity contribution < 1.29 is 22.5 Å². The summed E-state index contributed by atoms with van der Waals surface area (Å²) in [5.74, 6) is -0.126. The molecule has 0 unspecified atom stereocenters. The highest BCUT2D eigenvalue weighted by Gasteiger charge is 2.07. The molecule has 0 bridgehead atoms. The average Bonchev–Trinajstić information content (AvgIpc) is 2.53. The third-order valence-corrected chi connectivity index (χ3v) is 3.38. The van der Waals surface area contributed by atoms with Crippen LogP contribution in [0.2, 0.25) is 5.02 Å². The quantitative estimate of drug-likeness (QED) is 0.805. The lowest BCUT2D eigenvalue weighted by Crippen LogP contribution is -2.12. The summed E-state index contributed by atoms with van der Waals surface area (Å²) in [5.41, 5.74) is 6.14. The van der Waals surface area contributed by atoms with Crippen LogP contribution in [0.5, 0.6) is 5.75 Å². The molecule has 6 nitrogen and oxygen atoms in total. The van der Waals surface area contributed by atoms with Gasteiger partial charge in [0.25, 0.3) is 16.0 Å². The first-order chi connectivity index (χ1) is 11.2. The maximum Gasteiger partial charge on any atom is 0.287 e. The zero-order valence-electron chi connectivity index (χ0n) is 12.7. The van der Waals surface area contributed by atoms with Gasteiger partial charge >= 0.3 is 0 Å². The van der Waals surface area contributed by atoms with Crippen LogP contribution < -0.4 is 10.5 Å². The maximum atomic E-state index is 10.8. The molecule has 2 aromatic carbocycles. The summed E-state index contributed by atoms with van der Waals surface area (Å²) in [6.45, 7) is 0. The van der Waals surface area contributed by atoms with Gasteiger partial charge in [0.15, 0.2) is 0 Å². The number of carbonyl (C=O) groups is 1. The van der Waals surface area contributed by atoms with E-state index in [1.165, 1.54) is 19.3 Å². The Hall–Kier alpha value is -2.35. The molecule has 0 atom stereocenters. The van der Waals surface area contributed by atoms with E-state index in [4.69, 9.17) is 26.6 Å². The van der Waals surface area contributed by atoms with Crippen LogP contribution in [0.1, 0.15) is 15.9 Å². The second-order valence-electron chi connectivity index (χ2n) is 4.44. The Labute approximate surface area is 145 Å². The number of rotatable bonds is 4. The van der Waals surface area contributed by atoms with Gasteiger partial charge in [-0.05, 0) is 29.8 Å². The van der Waals surface area contributed by atoms with E-state index in [1.807, 2.05) is 6.07 Å². The second kappa shape index (κ2) is 9.07. The van der Waals surface area contributed by atoms with Crippen LogP contribution in [-0.4, -0.2) is 26.0 Å². The lowest BCUT2D eigenvalue weighted by Gasteiger charge is -2.04. The molecule has 2 rings (SSSR count). The molecule has 0 radical (unpaired) electrons. The van der Waals surface area contributed by atoms with Gasteiger partial charge in [-0.2, -0.15) is 8.42 Å². The summed E-state index contributed by atoms with van der Waals surface area (Å²) >= 11 is 5.67. The normalized spacial score (nSPS) is 10.8. The van der Waals surface area contributed by atoms with Gasteiger partial charge in [0.05, 0.1) is 18.1 Å². The lowest BCUT2D eigenvalue weighted by molar-refractivity contribution is 0.0997. The molecule has 0 heterocycles. The van der Waals surface area contributed by atoms with Crippen LogP contribution in [0.4, 0.5) is 0 Å². The standard InChI is InChI=1S/C8H8ClNO2.C8H8O3S/c1-12-7-4-5(9)2-3-6(7)8(10)11;9-12(10,11)7-6-8-4-2-1-3-5-8/h2-4H,1H3,(H2,10,11);1-7H,(H,9,10,11)/b;7-6+. The molecule has 0 spiro atoms. The summed E-state index contributed by atoms with van der Waals surface area (Å²) in [5, 5.41) is 1.26. The molecule has 0 saturated heterocycles. The molecule has 0 saturated carbocycles. The number of primary amides is 1. The van der Waals surface area contributed by atoms with Gasteiger partial charge in [-0.25, -0.2) is 0 Å². The van der Waals surface area contributed by atoms with Crippen molar-refractivity contribution >= 4 is 33.7 Å². The highest BCUT2D eigenvalue weighted by atomic mass is 35.5. The molecule has 0 aromatic heterocycles. The van der Waals surface area contributed by atoms with E-state index in [-0.39, 0.29) is 0 Å². The molecule has 0 aliphatic carbocycles. The lowest BCUT2D eigenvalue weighted by atomic mass is 10.2. The van der Waals surface area contributed by atoms with Crippen LogP contribution in [0.3, 0.4) is 0 Å². The van der Waals surface area contributed by atoms with E-state index in [9.17, 15) is 13.2 Å². The Morgan fingerprint density at radius 1 is 1.21 bits per heavy atom. The number of hydrogen-bond acceptors (Lipinski definition) is 4. The maximum absolute atomic E-state index is 10.8. The minimum atomic E-state index is -4.00. The van der Waals surface area contributed by atoms with Crippen molar-refractivity contribution in [3.05, 3.63) is 70.1 Å². The van der Waals surface area contributed by atoms with Crippen molar-refractivity contribution in [1.82, 2.24) is 0 Å². The van der Waals surface area contributed by atoms with E-state index < -0.39 is 16.0 Å². The Morgan fingerprint density at radius 2 is 1.83 bits per heavy atom. The topological polar surface area (TPSA) is 107 Å². The van der Waals surface area contributed by atoms with Crippen LogP contribution in [0, 0.1) is 0 Å². The largest absolute Gasteiger partial charge is 0.496 e. The number of halogens is 1. The van der Waals surface area contributed by atoms with Crippen molar-refractivity contribution in [2.45, 2.75) is 0 Å². The van der Waals surface area contributed by atoms with Crippen LogP contribution in [-0.2, 0) is 10.1 Å². The molecule has 1 amide bonds. The van der Waals surface area contributed by atoms with Crippen molar-refractivity contribution in [1.29, 1.82) is 0 Å². The molecule has 128 valence electrons. The Kier molecular flexibility index (Phi) is 7.44. The summed E-state index contributed by atoms with van der Waals surface area (Å²) in [4.78, 5) is 10.8. The molecule has 8 heteroatoms. The van der Waals surface area contributed by atoms with Crippen LogP contribution in [0.25, 0.3) is 6.08 Å². The first kappa shape index (κ1) is 19.7. The number of hydrogen-bond donors (Lipinski definition) is 2. The van der Waals surface area contributed by atoms with Gasteiger partial charge < -0.3 is 10.5 Å². The fourth-order valence-electron chi connectivity index (χ4n) is 1.60. The first-order valence-corrected chi connectivity index (χ1v) is 8.45. The van der Waals surface area contributed by atoms with Crippen molar-refractivity contribution in [2.75, 3.05) is 7.11 Å². The number of carbonyl (C=O) groups excluding carboxylic acids is 1. The number of nitrogens with two attached hydrogens (primary N) is 1. The smallest absolute Gasteiger partial charge is 0.287 e. The number of ether oxygens (including phenoxy) is 1. The third kappa shape index (κ3) is 7.28. The highest BCUT2D eigenvalue weighted by Crippen LogP contribution is 2.22. The fourth-order valence-corrected chi connectivity index (χ4v) is 2.09. The SMILES string of the molecule is COc1cc(Cl)ccc1C(N)=O.O=S(=O)(O)/C=C/c1ccccc1. The Bertz CT molecular complexity index is 820. The minimum Gasteiger partial charge on any atom is -0.496 e. The van der Waals surface area contributed by atoms with Gasteiger partial charge in [-0.1, -0.05) is 41.9 Å². The monoisotopic (exact) mass is 369 g/mol. The van der Waals surface area contributed by atoms with E-state index >= 15 is 0 Å². The number of methoxy groups -OCH3 is 1. The predicted molar refractivity (Wildman–Crippen MR) is 93.5 cm³/mol. The summed E-state index contributed by atoms with van der Waals surface area (Å²) in [6, 6.07) is 13.5. The summed E-state index contributed by atoms with van der Waals surface area (Å²) < 4.78 is 33.8. The molecule has 3 N–H and O–H groups in total. The fraction of sp³-hybridized carbons (Fsp3) is 0.0625. The zero-order chi connectivity index (χ0) is 18.2. The highest BCUT2D eigenvalue weighted by molar-refractivity contribution is 7.88. The van der Waals surface area contributed by atoms with Gasteiger partial charge in [0.1, 0.15) is 5.75 Å². The average molecular weight is 370 g/mol. The van der Waals surface area contributed by atoms with Gasteiger partial charge in [-0.15, -0.1) is 0 Å². The third-order valence-electron chi connectivity index (χ3n) is 2.66. The molecular formula is C16H16ClNO5S. The van der Waals surface area contributed by atoms with Crippen molar-refractivity contribution in [3.63, 3.8) is 0 Å². The zero-order valence-corrected chi connectivity index (χ0v) is 14.3. The summed E-state index contributed by atoms with van der Waals surface area (Å²) in [6.07, 6.45) is 1.33.